The average Bonchev–Trinajstić information content (AvgIpc) is 2.85. The lowest BCUT2D eigenvalue weighted by Gasteiger charge is -2.49. The number of rotatable bonds is 4. The number of fused-ring (bicyclic) bond motifs is 2. The first-order valence-corrected chi connectivity index (χ1v) is 9.80. The molecule has 2 heterocycles. The highest BCUT2D eigenvalue weighted by Crippen LogP contribution is 2.65. The molecule has 0 amide bonds. The first kappa shape index (κ1) is 20.1. The van der Waals surface area contributed by atoms with Crippen LogP contribution in [0.4, 0.5) is 0 Å². The highest BCUT2D eigenvalue weighted by Gasteiger charge is 2.79. The maximum absolute atomic E-state index is 10.2. The molecule has 146 valence electrons. The summed E-state index contributed by atoms with van der Waals surface area (Å²) in [7, 11) is 0. The summed E-state index contributed by atoms with van der Waals surface area (Å²) in [5, 5.41) is 39.1. The molecule has 3 aliphatic rings. The van der Waals surface area contributed by atoms with Crippen molar-refractivity contribution in [1.82, 2.24) is 0 Å². The summed E-state index contributed by atoms with van der Waals surface area (Å²) in [4.78, 5) is 0. The van der Waals surface area contributed by atoms with Gasteiger partial charge in [0.25, 0.3) is 0 Å². The van der Waals surface area contributed by atoms with E-state index in [2.05, 4.69) is 24.8 Å². The van der Waals surface area contributed by atoms with Gasteiger partial charge in [-0.15, -0.1) is 0 Å². The Morgan fingerprint density at radius 1 is 1.32 bits per heavy atom. The first-order chi connectivity index (χ1) is 13.3. The third kappa shape index (κ3) is 2.36. The van der Waals surface area contributed by atoms with E-state index in [4.69, 9.17) is 14.9 Å². The van der Waals surface area contributed by atoms with Crippen LogP contribution >= 0.6 is 0 Å². The summed E-state index contributed by atoms with van der Waals surface area (Å²) in [6.07, 6.45) is 4.68. The van der Waals surface area contributed by atoms with E-state index in [-0.39, 0.29) is 5.90 Å². The van der Waals surface area contributed by atoms with Crippen LogP contribution in [-0.4, -0.2) is 17.8 Å². The average molecular weight is 378 g/mol. The van der Waals surface area contributed by atoms with Gasteiger partial charge in [-0.1, -0.05) is 31.6 Å². The molecule has 0 aromatic heterocycles. The van der Waals surface area contributed by atoms with E-state index in [9.17, 15) is 15.8 Å². The molecule has 2 fully saturated rings. The number of allylic oxidation sites excluding steroid dienone is 2. The molecule has 0 spiro atoms. The largest absolute Gasteiger partial charge is 0.448 e. The molecule has 28 heavy (non-hydrogen) atoms. The standard InChI is InChI=1S/C22H26N4O2/c1-5-6-17-20(4)27-18(16-9-7-15(8-10-16)14(2)3)21(11-23,12-24)22(17,13-25)19(26)28-20/h9,15,17-18,26H,2,5-8,10H2,1,3-4H3. The van der Waals surface area contributed by atoms with Gasteiger partial charge in [-0.3, -0.25) is 5.41 Å². The molecule has 2 bridgehead atoms. The smallest absolute Gasteiger partial charge is 0.214 e. The van der Waals surface area contributed by atoms with Crippen molar-refractivity contribution in [3.05, 3.63) is 23.8 Å². The predicted octanol–water partition coefficient (Wildman–Crippen LogP) is 4.37. The van der Waals surface area contributed by atoms with Crippen molar-refractivity contribution in [2.45, 2.75) is 64.8 Å². The Morgan fingerprint density at radius 2 is 2.00 bits per heavy atom. The SMILES string of the molecule is C=C(C)C1CC=C(C2OC3(C)OC(=N)C(C#N)(C3CCC)C2(C#N)C#N)CC1. The molecule has 5 unspecified atom stereocenters. The van der Waals surface area contributed by atoms with Crippen molar-refractivity contribution in [3.63, 3.8) is 0 Å². The van der Waals surface area contributed by atoms with Crippen LogP contribution in [0.1, 0.15) is 52.9 Å². The van der Waals surface area contributed by atoms with Crippen LogP contribution in [0.3, 0.4) is 0 Å². The van der Waals surface area contributed by atoms with Gasteiger partial charge in [0.2, 0.25) is 17.1 Å². The molecule has 0 radical (unpaired) electrons. The van der Waals surface area contributed by atoms with E-state index in [1.807, 2.05) is 19.9 Å². The molecule has 0 aromatic carbocycles. The molecule has 3 rings (SSSR count). The number of ether oxygens (including phenoxy) is 2. The summed E-state index contributed by atoms with van der Waals surface area (Å²) in [5.41, 5.74) is -1.51. The Balaban J connectivity index is 2.16. The topological polar surface area (TPSA) is 114 Å². The highest BCUT2D eigenvalue weighted by atomic mass is 16.7. The lowest BCUT2D eigenvalue weighted by Crippen LogP contribution is -2.62. The summed E-state index contributed by atoms with van der Waals surface area (Å²) in [6, 6.07) is 6.42. The Morgan fingerprint density at radius 3 is 2.46 bits per heavy atom. The molecule has 0 aromatic rings. The van der Waals surface area contributed by atoms with Crippen LogP contribution in [0.15, 0.2) is 23.8 Å². The molecule has 1 aliphatic carbocycles. The van der Waals surface area contributed by atoms with E-state index in [0.717, 1.165) is 30.4 Å². The maximum atomic E-state index is 10.2. The van der Waals surface area contributed by atoms with E-state index in [1.54, 1.807) is 6.92 Å². The second-order valence-corrected chi connectivity index (χ2v) is 8.33. The molecule has 6 nitrogen and oxygen atoms in total. The number of hydrogen-bond donors (Lipinski definition) is 1. The van der Waals surface area contributed by atoms with E-state index < -0.39 is 28.6 Å². The number of nitrogens with zero attached hydrogens (tertiary/aromatic N) is 3. The molecular weight excluding hydrogens is 352 g/mol. The minimum absolute atomic E-state index is 0.322. The number of nitrogens with one attached hydrogen (secondary N) is 1. The second kappa shape index (κ2) is 6.77. The Kier molecular flexibility index (Phi) is 4.86. The number of nitriles is 3. The number of hydrogen-bond acceptors (Lipinski definition) is 6. The Labute approximate surface area is 166 Å². The van der Waals surface area contributed by atoms with E-state index in [1.165, 1.54) is 0 Å². The molecule has 1 N–H and O–H groups in total. The van der Waals surface area contributed by atoms with Crippen molar-refractivity contribution >= 4 is 5.90 Å². The van der Waals surface area contributed by atoms with Crippen LogP contribution in [0.5, 0.6) is 0 Å². The monoisotopic (exact) mass is 378 g/mol. The van der Waals surface area contributed by atoms with Gasteiger partial charge in [-0.05, 0) is 44.1 Å². The zero-order valence-electron chi connectivity index (χ0n) is 16.7. The van der Waals surface area contributed by atoms with Crippen LogP contribution in [-0.2, 0) is 9.47 Å². The van der Waals surface area contributed by atoms with Crippen LogP contribution < -0.4 is 0 Å². The third-order valence-electron chi connectivity index (χ3n) is 6.77. The van der Waals surface area contributed by atoms with Gasteiger partial charge in [0, 0.05) is 6.92 Å². The fourth-order valence-electron chi connectivity index (χ4n) is 5.19. The predicted molar refractivity (Wildman–Crippen MR) is 102 cm³/mol. The van der Waals surface area contributed by atoms with Crippen molar-refractivity contribution < 1.29 is 9.47 Å². The maximum Gasteiger partial charge on any atom is 0.214 e. The zero-order chi connectivity index (χ0) is 20.7. The van der Waals surface area contributed by atoms with E-state index >= 15 is 0 Å². The van der Waals surface area contributed by atoms with E-state index in [0.29, 0.717) is 18.8 Å². The fourth-order valence-corrected chi connectivity index (χ4v) is 5.19. The van der Waals surface area contributed by atoms with Gasteiger partial charge in [0.05, 0.1) is 24.1 Å². The molecular formula is C22H26N4O2. The normalized spacial score (nSPS) is 38.4. The summed E-state index contributed by atoms with van der Waals surface area (Å²) in [5.74, 6) is -1.70. The lowest BCUT2D eigenvalue weighted by molar-refractivity contribution is -0.262. The molecule has 6 heteroatoms. The molecule has 5 atom stereocenters. The minimum atomic E-state index is -1.82. The quantitative estimate of drug-likeness (QED) is 0.730. The molecule has 0 saturated carbocycles. The van der Waals surface area contributed by atoms with Gasteiger partial charge in [0.1, 0.15) is 6.10 Å². The van der Waals surface area contributed by atoms with Crippen LogP contribution in [0, 0.1) is 62.1 Å². The molecule has 2 saturated heterocycles. The first-order valence-electron chi connectivity index (χ1n) is 9.80. The van der Waals surface area contributed by atoms with Crippen LogP contribution in [0.2, 0.25) is 0 Å². The van der Waals surface area contributed by atoms with Crippen molar-refractivity contribution in [2.24, 2.45) is 22.7 Å². The summed E-state index contributed by atoms with van der Waals surface area (Å²) in [6.45, 7) is 9.73. The van der Waals surface area contributed by atoms with Crippen molar-refractivity contribution in [3.8, 4) is 18.2 Å². The minimum Gasteiger partial charge on any atom is -0.448 e. The second-order valence-electron chi connectivity index (χ2n) is 8.33. The van der Waals surface area contributed by atoms with Gasteiger partial charge < -0.3 is 9.47 Å². The van der Waals surface area contributed by atoms with Gasteiger partial charge in [-0.2, -0.15) is 15.8 Å². The fraction of sp³-hybridized carbons (Fsp3) is 0.636. The molecule has 2 aliphatic heterocycles. The highest BCUT2D eigenvalue weighted by molar-refractivity contribution is 5.89. The Bertz CT molecular complexity index is 856. The van der Waals surface area contributed by atoms with Crippen LogP contribution in [0.25, 0.3) is 0 Å². The Hall–Kier alpha value is -2.62. The lowest BCUT2D eigenvalue weighted by atomic mass is 9.52. The van der Waals surface area contributed by atoms with Crippen molar-refractivity contribution in [1.29, 1.82) is 21.2 Å². The van der Waals surface area contributed by atoms with Gasteiger partial charge >= 0.3 is 0 Å². The summed E-state index contributed by atoms with van der Waals surface area (Å²) < 4.78 is 12.1. The van der Waals surface area contributed by atoms with Gasteiger partial charge in [0.15, 0.2) is 5.41 Å². The van der Waals surface area contributed by atoms with Crippen molar-refractivity contribution in [2.75, 3.05) is 0 Å². The zero-order valence-corrected chi connectivity index (χ0v) is 16.7. The third-order valence-corrected chi connectivity index (χ3v) is 6.77. The summed E-state index contributed by atoms with van der Waals surface area (Å²) >= 11 is 0. The van der Waals surface area contributed by atoms with Gasteiger partial charge in [-0.25, -0.2) is 0 Å².